The average Bonchev–Trinajstić information content (AvgIpc) is 3.09. The van der Waals surface area contributed by atoms with E-state index in [1.165, 1.54) is 51.4 Å². The predicted molar refractivity (Wildman–Crippen MR) is 197 cm³/mol. The first-order valence-corrected chi connectivity index (χ1v) is 19.3. The van der Waals surface area contributed by atoms with E-state index in [1.807, 2.05) is 0 Å². The standard InChI is InChI=1S/C41H66O7/c1-5-9-13-17-21-25-45-35-29-33(30-36(40(35)43)46-26-22-18-14-10-6-2)39(42)34-31-37(47-27-23-19-15-11-7-3)41(44)38(32-34)48-28-24-20-16-12-8-4/h29-32,43-44H,5-28H2,1-4H3. The Kier molecular flexibility index (Phi) is 22.1. The van der Waals surface area contributed by atoms with E-state index in [4.69, 9.17) is 18.9 Å². The van der Waals surface area contributed by atoms with E-state index in [0.717, 1.165) is 77.0 Å². The molecule has 0 aromatic heterocycles. The molecule has 0 saturated carbocycles. The largest absolute Gasteiger partial charge is 0.502 e. The molecule has 0 aliphatic rings. The molecular formula is C41H66O7. The molecular weight excluding hydrogens is 604 g/mol. The molecule has 0 bridgehead atoms. The molecule has 0 atom stereocenters. The number of phenolic OH excluding ortho intramolecular Hbond substituents is 2. The van der Waals surface area contributed by atoms with Crippen molar-refractivity contribution < 1.29 is 34.0 Å². The average molecular weight is 671 g/mol. The van der Waals surface area contributed by atoms with E-state index in [2.05, 4.69) is 27.7 Å². The maximum absolute atomic E-state index is 14.1. The summed E-state index contributed by atoms with van der Waals surface area (Å²) in [6.07, 6.45) is 21.6. The summed E-state index contributed by atoms with van der Waals surface area (Å²) in [5.41, 5.74) is 0.660. The van der Waals surface area contributed by atoms with Gasteiger partial charge in [0.1, 0.15) is 0 Å². The summed E-state index contributed by atoms with van der Waals surface area (Å²) in [6.45, 7) is 10.5. The fourth-order valence-corrected chi connectivity index (χ4v) is 5.58. The van der Waals surface area contributed by atoms with E-state index in [-0.39, 0.29) is 40.3 Å². The molecule has 0 aliphatic heterocycles. The van der Waals surface area contributed by atoms with E-state index in [0.29, 0.717) is 37.6 Å². The van der Waals surface area contributed by atoms with Crippen molar-refractivity contribution in [2.75, 3.05) is 26.4 Å². The highest BCUT2D eigenvalue weighted by Crippen LogP contribution is 2.41. The van der Waals surface area contributed by atoms with Crippen molar-refractivity contribution in [3.8, 4) is 34.5 Å². The van der Waals surface area contributed by atoms with Gasteiger partial charge in [0.05, 0.1) is 26.4 Å². The predicted octanol–water partition coefficient (Wildman–Crippen LogP) is 11.7. The van der Waals surface area contributed by atoms with Crippen molar-refractivity contribution in [1.82, 2.24) is 0 Å². The van der Waals surface area contributed by atoms with E-state index in [9.17, 15) is 15.0 Å². The van der Waals surface area contributed by atoms with Gasteiger partial charge >= 0.3 is 0 Å². The van der Waals surface area contributed by atoms with Crippen LogP contribution in [0, 0.1) is 0 Å². The molecule has 0 amide bonds. The van der Waals surface area contributed by atoms with Crippen LogP contribution < -0.4 is 18.9 Å². The first-order valence-electron chi connectivity index (χ1n) is 19.3. The molecule has 7 heteroatoms. The zero-order chi connectivity index (χ0) is 34.8. The fourth-order valence-electron chi connectivity index (χ4n) is 5.58. The number of ether oxygens (including phenoxy) is 4. The topological polar surface area (TPSA) is 94.5 Å². The van der Waals surface area contributed by atoms with Gasteiger partial charge in [-0.3, -0.25) is 4.79 Å². The lowest BCUT2D eigenvalue weighted by molar-refractivity contribution is 0.103. The lowest BCUT2D eigenvalue weighted by atomic mass is 10.0. The van der Waals surface area contributed by atoms with Crippen LogP contribution in [0.2, 0.25) is 0 Å². The van der Waals surface area contributed by atoms with Crippen molar-refractivity contribution in [3.05, 3.63) is 35.4 Å². The Morgan fingerprint density at radius 1 is 0.417 bits per heavy atom. The molecule has 2 N–H and O–H groups in total. The summed E-state index contributed by atoms with van der Waals surface area (Å²) in [4.78, 5) is 14.1. The van der Waals surface area contributed by atoms with Gasteiger partial charge < -0.3 is 29.2 Å². The van der Waals surface area contributed by atoms with Crippen LogP contribution >= 0.6 is 0 Å². The van der Waals surface area contributed by atoms with Gasteiger partial charge in [-0.25, -0.2) is 0 Å². The Hall–Kier alpha value is -3.09. The number of phenols is 2. The lowest BCUT2D eigenvalue weighted by Crippen LogP contribution is -2.08. The quantitative estimate of drug-likeness (QED) is 0.0631. The summed E-state index contributed by atoms with van der Waals surface area (Å²) < 4.78 is 24.1. The van der Waals surface area contributed by atoms with Crippen molar-refractivity contribution in [1.29, 1.82) is 0 Å². The summed E-state index contributed by atoms with van der Waals surface area (Å²) in [6, 6.07) is 6.36. The Morgan fingerprint density at radius 3 is 0.875 bits per heavy atom. The zero-order valence-corrected chi connectivity index (χ0v) is 30.7. The van der Waals surface area contributed by atoms with E-state index >= 15 is 0 Å². The molecule has 2 rings (SSSR count). The Labute approximate surface area is 291 Å². The normalized spacial score (nSPS) is 11.1. The number of hydrogen-bond acceptors (Lipinski definition) is 7. The second-order valence-electron chi connectivity index (χ2n) is 13.0. The molecule has 2 aromatic rings. The van der Waals surface area contributed by atoms with Crippen molar-refractivity contribution in [2.45, 2.75) is 156 Å². The Balaban J connectivity index is 2.32. The van der Waals surface area contributed by atoms with Crippen LogP contribution in [0.5, 0.6) is 34.5 Å². The number of unbranched alkanes of at least 4 members (excludes halogenated alkanes) is 16. The Morgan fingerprint density at radius 2 is 0.646 bits per heavy atom. The molecule has 0 radical (unpaired) electrons. The van der Waals surface area contributed by atoms with E-state index in [1.54, 1.807) is 24.3 Å². The van der Waals surface area contributed by atoms with Gasteiger partial charge in [-0.1, -0.05) is 130 Å². The van der Waals surface area contributed by atoms with Gasteiger partial charge in [-0.05, 0) is 49.9 Å². The summed E-state index contributed by atoms with van der Waals surface area (Å²) in [7, 11) is 0. The van der Waals surface area contributed by atoms with Crippen LogP contribution in [0.15, 0.2) is 24.3 Å². The SMILES string of the molecule is CCCCCCCOc1cc(C(=O)c2cc(OCCCCCCC)c(O)c(OCCCCCCC)c2)cc(OCCCCCCC)c1O. The third-order valence-corrected chi connectivity index (χ3v) is 8.63. The lowest BCUT2D eigenvalue weighted by Gasteiger charge is -2.17. The van der Waals surface area contributed by atoms with Gasteiger partial charge in [0.25, 0.3) is 0 Å². The van der Waals surface area contributed by atoms with Crippen molar-refractivity contribution in [2.24, 2.45) is 0 Å². The molecule has 0 heterocycles. The first kappa shape index (κ1) is 41.1. The molecule has 0 saturated heterocycles. The van der Waals surface area contributed by atoms with E-state index < -0.39 is 0 Å². The number of carbonyl (C=O) groups excluding carboxylic acids is 1. The molecule has 0 fully saturated rings. The summed E-state index contributed by atoms with van der Waals surface area (Å²) in [5, 5.41) is 22.2. The van der Waals surface area contributed by atoms with Gasteiger partial charge in [-0.15, -0.1) is 0 Å². The first-order chi connectivity index (χ1) is 23.5. The molecule has 0 aliphatic carbocycles. The maximum atomic E-state index is 14.1. The zero-order valence-electron chi connectivity index (χ0n) is 30.7. The van der Waals surface area contributed by atoms with Crippen LogP contribution in [-0.4, -0.2) is 42.4 Å². The molecule has 0 spiro atoms. The third kappa shape index (κ3) is 15.9. The van der Waals surface area contributed by atoms with Crippen molar-refractivity contribution in [3.63, 3.8) is 0 Å². The highest BCUT2D eigenvalue weighted by Gasteiger charge is 2.22. The number of ketones is 1. The van der Waals surface area contributed by atoms with Crippen LogP contribution in [-0.2, 0) is 0 Å². The van der Waals surface area contributed by atoms with Gasteiger partial charge in [0.2, 0.25) is 11.5 Å². The number of rotatable bonds is 30. The van der Waals surface area contributed by atoms with Crippen LogP contribution in [0.4, 0.5) is 0 Å². The molecule has 7 nitrogen and oxygen atoms in total. The number of benzene rings is 2. The maximum Gasteiger partial charge on any atom is 0.200 e. The molecule has 0 unspecified atom stereocenters. The third-order valence-electron chi connectivity index (χ3n) is 8.63. The fraction of sp³-hybridized carbons (Fsp3) is 0.683. The monoisotopic (exact) mass is 670 g/mol. The highest BCUT2D eigenvalue weighted by molar-refractivity contribution is 6.10. The molecule has 272 valence electrons. The molecule has 48 heavy (non-hydrogen) atoms. The second kappa shape index (κ2) is 25.9. The minimum absolute atomic E-state index is 0.0847. The minimum atomic E-state index is -0.295. The summed E-state index contributed by atoms with van der Waals surface area (Å²) >= 11 is 0. The van der Waals surface area contributed by atoms with Crippen LogP contribution in [0.3, 0.4) is 0 Å². The van der Waals surface area contributed by atoms with Crippen LogP contribution in [0.25, 0.3) is 0 Å². The number of carbonyl (C=O) groups is 1. The Bertz CT molecular complexity index is 984. The van der Waals surface area contributed by atoms with Gasteiger partial charge in [-0.2, -0.15) is 0 Å². The number of hydrogen-bond donors (Lipinski definition) is 2. The summed E-state index contributed by atoms with van der Waals surface area (Å²) in [5.74, 6) is 0.492. The van der Waals surface area contributed by atoms with Gasteiger partial charge in [0.15, 0.2) is 28.8 Å². The smallest absolute Gasteiger partial charge is 0.200 e. The van der Waals surface area contributed by atoms with Crippen molar-refractivity contribution >= 4 is 5.78 Å². The van der Waals surface area contributed by atoms with Crippen LogP contribution in [0.1, 0.15) is 172 Å². The number of aromatic hydroxyl groups is 2. The van der Waals surface area contributed by atoms with Gasteiger partial charge in [0, 0.05) is 11.1 Å². The molecule has 2 aromatic carbocycles. The second-order valence-corrected chi connectivity index (χ2v) is 13.0. The minimum Gasteiger partial charge on any atom is -0.502 e. The highest BCUT2D eigenvalue weighted by atomic mass is 16.5.